The molecule has 0 aromatic carbocycles. The third-order valence-electron chi connectivity index (χ3n) is 2.78. The fraction of sp³-hybridized carbons (Fsp3) is 0.727. The van der Waals surface area contributed by atoms with Gasteiger partial charge in [0.2, 0.25) is 0 Å². The number of carbonyl (C=O) groups is 1. The van der Waals surface area contributed by atoms with E-state index >= 15 is 0 Å². The number of rotatable bonds is 1. The minimum atomic E-state index is -0.731. The zero-order chi connectivity index (χ0) is 11.9. The molecule has 1 heterocycles. The SMILES string of the molecule is COC(=O)C1=CC2OC(C)(C)OC2C(O)C1. The largest absolute Gasteiger partial charge is 0.466 e. The second-order valence-electron chi connectivity index (χ2n) is 4.52. The van der Waals surface area contributed by atoms with E-state index in [0.717, 1.165) is 0 Å². The van der Waals surface area contributed by atoms with Crippen molar-refractivity contribution in [1.29, 1.82) is 0 Å². The van der Waals surface area contributed by atoms with Crippen LogP contribution in [0.1, 0.15) is 20.3 Å². The molecule has 1 N–H and O–H groups in total. The second kappa shape index (κ2) is 3.84. The molecule has 0 spiro atoms. The summed E-state index contributed by atoms with van der Waals surface area (Å²) in [5.74, 6) is -1.15. The third-order valence-corrected chi connectivity index (χ3v) is 2.78. The molecule has 3 atom stereocenters. The van der Waals surface area contributed by atoms with Crippen molar-refractivity contribution in [1.82, 2.24) is 0 Å². The van der Waals surface area contributed by atoms with Crippen LogP contribution in [-0.2, 0) is 19.0 Å². The molecule has 0 radical (unpaired) electrons. The van der Waals surface area contributed by atoms with E-state index in [1.54, 1.807) is 19.9 Å². The van der Waals surface area contributed by atoms with E-state index < -0.39 is 24.0 Å². The first-order valence-corrected chi connectivity index (χ1v) is 5.25. The minimum Gasteiger partial charge on any atom is -0.466 e. The summed E-state index contributed by atoms with van der Waals surface area (Å²) in [5, 5.41) is 9.87. The Labute approximate surface area is 94.0 Å². The molecule has 90 valence electrons. The first kappa shape index (κ1) is 11.6. The van der Waals surface area contributed by atoms with E-state index in [0.29, 0.717) is 5.57 Å². The van der Waals surface area contributed by atoms with Crippen molar-refractivity contribution in [3.8, 4) is 0 Å². The van der Waals surface area contributed by atoms with Crippen molar-refractivity contribution >= 4 is 5.97 Å². The van der Waals surface area contributed by atoms with Crippen LogP contribution in [0.4, 0.5) is 0 Å². The van der Waals surface area contributed by atoms with Crippen molar-refractivity contribution < 1.29 is 24.1 Å². The van der Waals surface area contributed by atoms with Crippen LogP contribution in [0.3, 0.4) is 0 Å². The molecule has 0 aromatic rings. The Morgan fingerprint density at radius 2 is 2.25 bits per heavy atom. The van der Waals surface area contributed by atoms with Crippen LogP contribution in [0.2, 0.25) is 0 Å². The second-order valence-corrected chi connectivity index (χ2v) is 4.52. The predicted octanol–water partition coefficient (Wildman–Crippen LogP) is 0.370. The number of ether oxygens (including phenoxy) is 3. The molecule has 1 saturated heterocycles. The third kappa shape index (κ3) is 1.98. The summed E-state index contributed by atoms with van der Waals surface area (Å²) in [4.78, 5) is 11.4. The number of aliphatic hydroxyl groups is 1. The normalized spacial score (nSPS) is 36.5. The lowest BCUT2D eigenvalue weighted by atomic mass is 9.92. The Kier molecular flexibility index (Phi) is 2.77. The van der Waals surface area contributed by atoms with Crippen molar-refractivity contribution in [2.45, 2.75) is 44.4 Å². The molecule has 5 nitrogen and oxygen atoms in total. The molecule has 16 heavy (non-hydrogen) atoms. The van der Waals surface area contributed by atoms with Gasteiger partial charge in [0.05, 0.1) is 13.2 Å². The maximum atomic E-state index is 11.4. The van der Waals surface area contributed by atoms with Gasteiger partial charge in [-0.1, -0.05) is 0 Å². The van der Waals surface area contributed by atoms with Crippen LogP contribution in [0, 0.1) is 0 Å². The Balaban J connectivity index is 2.21. The molecular weight excluding hydrogens is 212 g/mol. The van der Waals surface area contributed by atoms with E-state index in [4.69, 9.17) is 9.47 Å². The number of carbonyl (C=O) groups excluding carboxylic acids is 1. The topological polar surface area (TPSA) is 65.0 Å². The van der Waals surface area contributed by atoms with Crippen molar-refractivity contribution in [2.75, 3.05) is 7.11 Å². The highest BCUT2D eigenvalue weighted by Gasteiger charge is 2.46. The summed E-state index contributed by atoms with van der Waals surface area (Å²) >= 11 is 0. The number of hydrogen-bond donors (Lipinski definition) is 1. The quantitative estimate of drug-likeness (QED) is 0.657. The number of fused-ring (bicyclic) bond motifs is 1. The Morgan fingerprint density at radius 1 is 1.56 bits per heavy atom. The van der Waals surface area contributed by atoms with Gasteiger partial charge in [-0.15, -0.1) is 0 Å². The van der Waals surface area contributed by atoms with Crippen LogP contribution in [-0.4, -0.2) is 42.3 Å². The zero-order valence-corrected chi connectivity index (χ0v) is 9.60. The fourth-order valence-electron chi connectivity index (χ4n) is 2.13. The van der Waals surface area contributed by atoms with Gasteiger partial charge < -0.3 is 19.3 Å². The monoisotopic (exact) mass is 228 g/mol. The van der Waals surface area contributed by atoms with Crippen molar-refractivity contribution in [3.63, 3.8) is 0 Å². The van der Waals surface area contributed by atoms with E-state index in [1.165, 1.54) is 7.11 Å². The van der Waals surface area contributed by atoms with Crippen molar-refractivity contribution in [2.24, 2.45) is 0 Å². The van der Waals surface area contributed by atoms with Crippen LogP contribution >= 0.6 is 0 Å². The Hall–Kier alpha value is -0.910. The van der Waals surface area contributed by atoms with Gasteiger partial charge in [0.15, 0.2) is 5.79 Å². The van der Waals surface area contributed by atoms with Crippen LogP contribution < -0.4 is 0 Å². The van der Waals surface area contributed by atoms with Crippen molar-refractivity contribution in [3.05, 3.63) is 11.6 Å². The average Bonchev–Trinajstić information content (AvgIpc) is 2.52. The van der Waals surface area contributed by atoms with Gasteiger partial charge >= 0.3 is 5.97 Å². The summed E-state index contributed by atoms with van der Waals surface area (Å²) in [6, 6.07) is 0. The lowest BCUT2D eigenvalue weighted by Crippen LogP contribution is -2.39. The molecule has 1 fully saturated rings. The number of esters is 1. The lowest BCUT2D eigenvalue weighted by Gasteiger charge is -2.26. The molecule has 2 aliphatic rings. The lowest BCUT2D eigenvalue weighted by molar-refractivity contribution is -0.152. The van der Waals surface area contributed by atoms with Gasteiger partial charge in [-0.05, 0) is 19.9 Å². The van der Waals surface area contributed by atoms with Crippen LogP contribution in [0.5, 0.6) is 0 Å². The Morgan fingerprint density at radius 3 is 2.88 bits per heavy atom. The average molecular weight is 228 g/mol. The smallest absolute Gasteiger partial charge is 0.333 e. The first-order chi connectivity index (χ1) is 7.43. The van der Waals surface area contributed by atoms with E-state index in [1.807, 2.05) is 0 Å². The first-order valence-electron chi connectivity index (χ1n) is 5.25. The highest BCUT2D eigenvalue weighted by atomic mass is 16.8. The zero-order valence-electron chi connectivity index (χ0n) is 9.60. The number of aliphatic hydroxyl groups excluding tert-OH is 1. The van der Waals surface area contributed by atoms with E-state index in [9.17, 15) is 9.90 Å². The summed E-state index contributed by atoms with van der Waals surface area (Å²) in [6.45, 7) is 3.56. The maximum Gasteiger partial charge on any atom is 0.333 e. The Bertz CT molecular complexity index is 333. The van der Waals surface area contributed by atoms with Gasteiger partial charge in [0.1, 0.15) is 12.2 Å². The molecule has 2 rings (SSSR count). The summed E-state index contributed by atoms with van der Waals surface area (Å²) in [5.41, 5.74) is 0.442. The van der Waals surface area contributed by atoms with E-state index in [-0.39, 0.29) is 12.5 Å². The molecule has 0 aromatic heterocycles. The predicted molar refractivity (Wildman–Crippen MR) is 54.5 cm³/mol. The van der Waals surface area contributed by atoms with Gasteiger partial charge in [-0.3, -0.25) is 0 Å². The number of hydrogen-bond acceptors (Lipinski definition) is 5. The summed E-state index contributed by atoms with van der Waals surface area (Å²) < 4.78 is 15.8. The van der Waals surface area contributed by atoms with Crippen LogP contribution in [0.25, 0.3) is 0 Å². The molecule has 0 bridgehead atoms. The van der Waals surface area contributed by atoms with Gasteiger partial charge in [0, 0.05) is 12.0 Å². The van der Waals surface area contributed by atoms with Crippen LogP contribution in [0.15, 0.2) is 11.6 Å². The molecule has 0 saturated carbocycles. The summed E-state index contributed by atoms with van der Waals surface area (Å²) in [6.07, 6.45) is 0.410. The fourth-order valence-corrected chi connectivity index (χ4v) is 2.13. The maximum absolute atomic E-state index is 11.4. The van der Waals surface area contributed by atoms with Gasteiger partial charge in [-0.25, -0.2) is 4.79 Å². The summed E-state index contributed by atoms with van der Waals surface area (Å²) in [7, 11) is 1.32. The molecule has 1 aliphatic carbocycles. The van der Waals surface area contributed by atoms with Gasteiger partial charge in [0.25, 0.3) is 0 Å². The minimum absolute atomic E-state index is 0.243. The molecule has 5 heteroatoms. The highest BCUT2D eigenvalue weighted by Crippen LogP contribution is 2.36. The molecule has 3 unspecified atom stereocenters. The van der Waals surface area contributed by atoms with Gasteiger partial charge in [-0.2, -0.15) is 0 Å². The standard InChI is InChI=1S/C11H16O5/c1-11(2)15-8-5-6(10(13)14-3)4-7(12)9(8)16-11/h5,7-9,12H,4H2,1-3H3. The molecule has 0 amide bonds. The highest BCUT2D eigenvalue weighted by molar-refractivity contribution is 5.88. The molecule has 1 aliphatic heterocycles. The molecular formula is C11H16O5. The van der Waals surface area contributed by atoms with E-state index in [2.05, 4.69) is 4.74 Å². The number of methoxy groups -OCH3 is 1.